The van der Waals surface area contributed by atoms with Gasteiger partial charge in [0.2, 0.25) is 0 Å². The van der Waals surface area contributed by atoms with Crippen LogP contribution in [0.3, 0.4) is 0 Å². The zero-order valence-corrected chi connectivity index (χ0v) is 13.5. The zero-order chi connectivity index (χ0) is 13.4. The highest BCUT2D eigenvalue weighted by molar-refractivity contribution is 7.99. The lowest BCUT2D eigenvalue weighted by atomic mass is 10.0. The third-order valence-corrected chi connectivity index (χ3v) is 5.76. The van der Waals surface area contributed by atoms with Crippen LogP contribution >= 0.6 is 46.7 Å². The van der Waals surface area contributed by atoms with E-state index in [9.17, 15) is 0 Å². The van der Waals surface area contributed by atoms with Crippen LogP contribution in [0.2, 0.25) is 5.02 Å². The molecule has 0 saturated heterocycles. The molecule has 0 bridgehead atoms. The minimum Gasteiger partial charge on any atom is -0.130 e. The van der Waals surface area contributed by atoms with E-state index in [-0.39, 0.29) is 5.38 Å². The molecule has 0 saturated carbocycles. The Morgan fingerprint density at radius 2 is 1.95 bits per heavy atom. The van der Waals surface area contributed by atoms with Crippen LogP contribution in [-0.4, -0.2) is 6.26 Å². The summed E-state index contributed by atoms with van der Waals surface area (Å²) in [6.45, 7) is 0. The van der Waals surface area contributed by atoms with Crippen molar-refractivity contribution in [3.63, 3.8) is 0 Å². The Hall–Kier alpha value is -0.280. The van der Waals surface area contributed by atoms with Gasteiger partial charge in [0.25, 0.3) is 0 Å². The molecule has 98 valence electrons. The van der Waals surface area contributed by atoms with E-state index in [1.54, 1.807) is 23.5 Å². The van der Waals surface area contributed by atoms with Crippen molar-refractivity contribution in [3.05, 3.63) is 52.5 Å². The smallest absolute Gasteiger partial charge is 0.0637 e. The first-order valence-electron chi connectivity index (χ1n) is 5.95. The fraction of sp³-hybridized carbons (Fsp3) is 0.200. The molecule has 0 fully saturated rings. The molecule has 19 heavy (non-hydrogen) atoms. The third-order valence-electron chi connectivity index (χ3n) is 3.20. The topological polar surface area (TPSA) is 0 Å². The maximum Gasteiger partial charge on any atom is 0.0637 e. The number of benzene rings is 2. The Kier molecular flexibility index (Phi) is 4.04. The summed E-state index contributed by atoms with van der Waals surface area (Å²) in [5, 5.41) is 0.785. The molecular formula is C15H12Cl2S2. The highest BCUT2D eigenvalue weighted by atomic mass is 35.5. The van der Waals surface area contributed by atoms with E-state index in [2.05, 4.69) is 30.5 Å². The van der Waals surface area contributed by atoms with Crippen molar-refractivity contribution >= 4 is 46.7 Å². The van der Waals surface area contributed by atoms with E-state index in [0.29, 0.717) is 0 Å². The number of fused-ring (bicyclic) bond motifs is 2. The third kappa shape index (κ3) is 2.78. The summed E-state index contributed by atoms with van der Waals surface area (Å²) >= 11 is 16.2. The summed E-state index contributed by atoms with van der Waals surface area (Å²) in [6.07, 6.45) is 2.92. The molecule has 0 amide bonds. The number of halogens is 2. The summed E-state index contributed by atoms with van der Waals surface area (Å²) < 4.78 is 0. The first kappa shape index (κ1) is 13.7. The second-order valence-corrected chi connectivity index (χ2v) is 7.36. The Morgan fingerprint density at radius 1 is 1.16 bits per heavy atom. The normalized spacial score (nSPS) is 17.5. The molecule has 1 unspecified atom stereocenters. The summed E-state index contributed by atoms with van der Waals surface area (Å²) in [5.74, 6) is 0. The van der Waals surface area contributed by atoms with Crippen molar-refractivity contribution in [2.75, 3.05) is 6.26 Å². The minimum absolute atomic E-state index is 0.00863. The van der Waals surface area contributed by atoms with Gasteiger partial charge >= 0.3 is 0 Å². The molecule has 1 heterocycles. The van der Waals surface area contributed by atoms with Crippen LogP contribution in [0.1, 0.15) is 16.5 Å². The molecule has 0 spiro atoms. The molecule has 0 N–H and O–H groups in total. The average Bonchev–Trinajstić information content (AvgIpc) is 2.54. The maximum absolute atomic E-state index is 6.59. The van der Waals surface area contributed by atoms with Crippen molar-refractivity contribution < 1.29 is 0 Å². The predicted octanol–water partition coefficient (Wildman–Crippen LogP) is 6.05. The molecule has 1 aliphatic rings. The van der Waals surface area contributed by atoms with E-state index in [0.717, 1.165) is 11.4 Å². The van der Waals surface area contributed by atoms with Crippen LogP contribution in [0.5, 0.6) is 0 Å². The second kappa shape index (κ2) is 5.61. The van der Waals surface area contributed by atoms with E-state index in [1.807, 2.05) is 12.1 Å². The van der Waals surface area contributed by atoms with Crippen molar-refractivity contribution in [2.24, 2.45) is 0 Å². The molecule has 1 aliphatic heterocycles. The van der Waals surface area contributed by atoms with E-state index in [1.165, 1.54) is 25.8 Å². The van der Waals surface area contributed by atoms with Gasteiger partial charge in [0.05, 0.1) is 5.38 Å². The lowest BCUT2D eigenvalue weighted by molar-refractivity contribution is 0.886. The number of rotatable bonds is 1. The van der Waals surface area contributed by atoms with Crippen molar-refractivity contribution in [1.82, 2.24) is 0 Å². The molecule has 0 aromatic heterocycles. The van der Waals surface area contributed by atoms with Gasteiger partial charge in [-0.25, -0.2) is 0 Å². The Labute approximate surface area is 131 Å². The lowest BCUT2D eigenvalue weighted by Gasteiger charge is -2.11. The predicted molar refractivity (Wildman–Crippen MR) is 86.1 cm³/mol. The van der Waals surface area contributed by atoms with Crippen LogP contribution < -0.4 is 0 Å². The Bertz CT molecular complexity index is 626. The molecule has 3 rings (SSSR count). The van der Waals surface area contributed by atoms with Gasteiger partial charge in [-0.3, -0.25) is 0 Å². The van der Waals surface area contributed by atoms with Gasteiger partial charge in [-0.1, -0.05) is 23.4 Å². The summed E-state index contributed by atoms with van der Waals surface area (Å²) in [7, 11) is 0. The second-order valence-electron chi connectivity index (χ2n) is 4.43. The molecule has 2 aromatic rings. The SMILES string of the molecule is CSc1ccc2c(c1)C(Cl)Cc1cc(Cl)ccc1S2. The monoisotopic (exact) mass is 326 g/mol. The number of thioether (sulfide) groups is 1. The molecule has 0 radical (unpaired) electrons. The van der Waals surface area contributed by atoms with Gasteiger partial charge < -0.3 is 0 Å². The first-order valence-corrected chi connectivity index (χ1v) is 8.81. The summed E-state index contributed by atoms with van der Waals surface area (Å²) in [5.41, 5.74) is 2.46. The van der Waals surface area contributed by atoms with Gasteiger partial charge in [0.1, 0.15) is 0 Å². The van der Waals surface area contributed by atoms with Gasteiger partial charge in [-0.05, 0) is 60.2 Å². The minimum atomic E-state index is 0.00863. The fourth-order valence-corrected chi connectivity index (χ4v) is 4.38. The largest absolute Gasteiger partial charge is 0.130 e. The van der Waals surface area contributed by atoms with Crippen molar-refractivity contribution in [2.45, 2.75) is 26.5 Å². The van der Waals surface area contributed by atoms with Crippen LogP contribution in [0.4, 0.5) is 0 Å². The summed E-state index contributed by atoms with van der Waals surface area (Å²) in [6, 6.07) is 12.6. The van der Waals surface area contributed by atoms with E-state index in [4.69, 9.17) is 23.2 Å². The quantitative estimate of drug-likeness (QED) is 0.462. The van der Waals surface area contributed by atoms with Crippen LogP contribution in [0, 0.1) is 0 Å². The van der Waals surface area contributed by atoms with Gasteiger partial charge in [-0.15, -0.1) is 23.4 Å². The Morgan fingerprint density at radius 3 is 2.74 bits per heavy atom. The molecule has 2 aromatic carbocycles. The standard InChI is InChI=1S/C15H12Cl2S2/c1-18-11-3-5-15-12(8-11)13(17)7-9-6-10(16)2-4-14(9)19-15/h2-6,8,13H,7H2,1H3. The maximum atomic E-state index is 6.59. The first-order chi connectivity index (χ1) is 9.17. The lowest BCUT2D eigenvalue weighted by Crippen LogP contribution is -1.95. The van der Waals surface area contributed by atoms with Crippen LogP contribution in [0.25, 0.3) is 0 Å². The molecule has 1 atom stereocenters. The van der Waals surface area contributed by atoms with Crippen molar-refractivity contribution in [3.8, 4) is 0 Å². The number of hydrogen-bond donors (Lipinski definition) is 0. The van der Waals surface area contributed by atoms with Crippen molar-refractivity contribution in [1.29, 1.82) is 0 Å². The highest BCUT2D eigenvalue weighted by Gasteiger charge is 2.21. The average molecular weight is 327 g/mol. The zero-order valence-electron chi connectivity index (χ0n) is 10.3. The molecular weight excluding hydrogens is 315 g/mol. The van der Waals surface area contributed by atoms with Crippen LogP contribution in [0.15, 0.2) is 51.1 Å². The number of alkyl halides is 1. The molecule has 0 nitrogen and oxygen atoms in total. The fourth-order valence-electron chi connectivity index (χ4n) is 2.22. The van der Waals surface area contributed by atoms with Crippen LogP contribution in [-0.2, 0) is 6.42 Å². The van der Waals surface area contributed by atoms with E-state index < -0.39 is 0 Å². The Balaban J connectivity index is 2.09. The van der Waals surface area contributed by atoms with E-state index >= 15 is 0 Å². The molecule has 0 aliphatic carbocycles. The number of hydrogen-bond acceptors (Lipinski definition) is 2. The van der Waals surface area contributed by atoms with Gasteiger partial charge in [0.15, 0.2) is 0 Å². The summed E-state index contributed by atoms with van der Waals surface area (Å²) in [4.78, 5) is 3.76. The van der Waals surface area contributed by atoms with Gasteiger partial charge in [0, 0.05) is 19.7 Å². The highest BCUT2D eigenvalue weighted by Crippen LogP contribution is 2.44. The van der Waals surface area contributed by atoms with Gasteiger partial charge in [-0.2, -0.15) is 0 Å². The molecule has 4 heteroatoms.